The third kappa shape index (κ3) is 6.35. The number of halogens is 4. The number of alkyl halides is 2. The van der Waals surface area contributed by atoms with Gasteiger partial charge in [-0.1, -0.05) is 23.7 Å². The molecule has 10 nitrogen and oxygen atoms in total. The maximum absolute atomic E-state index is 15.7. The van der Waals surface area contributed by atoms with Crippen molar-refractivity contribution in [1.82, 2.24) is 29.5 Å². The van der Waals surface area contributed by atoms with Gasteiger partial charge in [-0.15, -0.1) is 0 Å². The average molecular weight is 630 g/mol. The third-order valence-corrected chi connectivity index (χ3v) is 7.97. The van der Waals surface area contributed by atoms with Crippen LogP contribution in [0.5, 0.6) is 0 Å². The molecule has 2 aromatic heterocycles. The first kappa shape index (κ1) is 31.2. The van der Waals surface area contributed by atoms with E-state index in [2.05, 4.69) is 25.5 Å². The molecule has 0 spiro atoms. The van der Waals surface area contributed by atoms with Crippen molar-refractivity contribution < 1.29 is 27.5 Å². The minimum atomic E-state index is -2.87. The van der Waals surface area contributed by atoms with Crippen LogP contribution in [-0.2, 0) is 18.3 Å². The number of amides is 2. The van der Waals surface area contributed by atoms with E-state index in [0.29, 0.717) is 71.1 Å². The van der Waals surface area contributed by atoms with Crippen LogP contribution in [0.4, 0.5) is 18.9 Å². The summed E-state index contributed by atoms with van der Waals surface area (Å²) in [5, 5.41) is 10.4. The van der Waals surface area contributed by atoms with Crippen molar-refractivity contribution in [2.75, 3.05) is 38.1 Å². The van der Waals surface area contributed by atoms with Crippen molar-refractivity contribution in [3.8, 4) is 22.4 Å². The second kappa shape index (κ2) is 13.2. The fourth-order valence-electron chi connectivity index (χ4n) is 5.20. The molecular formula is C30H31ClF3N7O3. The van der Waals surface area contributed by atoms with Crippen LogP contribution in [0.2, 0.25) is 5.02 Å². The molecule has 2 N–H and O–H groups in total. The summed E-state index contributed by atoms with van der Waals surface area (Å²) in [5.74, 6) is -1.07. The van der Waals surface area contributed by atoms with Crippen LogP contribution in [0.3, 0.4) is 0 Å². The minimum Gasteiger partial charge on any atom is -0.336 e. The van der Waals surface area contributed by atoms with Crippen LogP contribution < -0.4 is 10.6 Å². The van der Waals surface area contributed by atoms with Gasteiger partial charge in [0.05, 0.1) is 41.8 Å². The molecule has 0 bridgehead atoms. The fourth-order valence-corrected chi connectivity index (χ4v) is 5.46. The number of nitrogens with zero attached hydrogens (tertiary/aromatic N) is 5. The predicted octanol–water partition coefficient (Wildman–Crippen LogP) is 4.90. The van der Waals surface area contributed by atoms with Crippen molar-refractivity contribution >= 4 is 29.1 Å². The van der Waals surface area contributed by atoms with Gasteiger partial charge in [0, 0.05) is 61.3 Å². The number of benzene rings is 2. The summed E-state index contributed by atoms with van der Waals surface area (Å²) in [6.07, 6.45) is 2.98. The molecule has 1 aliphatic heterocycles. The molecule has 4 aromatic rings. The van der Waals surface area contributed by atoms with Gasteiger partial charge in [-0.05, 0) is 37.6 Å². The van der Waals surface area contributed by atoms with Crippen molar-refractivity contribution in [1.29, 1.82) is 0 Å². The van der Waals surface area contributed by atoms with Gasteiger partial charge in [-0.25, -0.2) is 9.37 Å². The number of hydrogen-bond donors (Lipinski definition) is 2. The second-order valence-corrected chi connectivity index (χ2v) is 10.7. The molecular weight excluding hydrogens is 599 g/mol. The molecule has 1 aliphatic rings. The van der Waals surface area contributed by atoms with E-state index in [9.17, 15) is 18.4 Å². The van der Waals surface area contributed by atoms with E-state index in [0.717, 1.165) is 0 Å². The van der Waals surface area contributed by atoms with E-state index in [4.69, 9.17) is 11.6 Å². The highest BCUT2D eigenvalue weighted by Gasteiger charge is 2.23. The summed E-state index contributed by atoms with van der Waals surface area (Å²) >= 11 is 6.41. The van der Waals surface area contributed by atoms with Gasteiger partial charge in [-0.3, -0.25) is 14.3 Å². The average Bonchev–Trinajstić information content (AvgIpc) is 3.56. The van der Waals surface area contributed by atoms with Crippen molar-refractivity contribution in [3.05, 3.63) is 76.2 Å². The molecule has 1 saturated heterocycles. The first-order valence-electron chi connectivity index (χ1n) is 13.9. The molecule has 0 saturated carbocycles. The van der Waals surface area contributed by atoms with Crippen LogP contribution in [0.1, 0.15) is 32.2 Å². The highest BCUT2D eigenvalue weighted by atomic mass is 35.5. The van der Waals surface area contributed by atoms with Crippen molar-refractivity contribution in [3.63, 3.8) is 0 Å². The van der Waals surface area contributed by atoms with E-state index < -0.39 is 18.3 Å². The Morgan fingerprint density at radius 1 is 1.09 bits per heavy atom. The van der Waals surface area contributed by atoms with Crippen LogP contribution in [0, 0.1) is 19.7 Å². The lowest BCUT2D eigenvalue weighted by atomic mass is 9.98. The number of carbonyl (C=O) groups is 2. The quantitative estimate of drug-likeness (QED) is 0.273. The molecule has 2 aromatic carbocycles. The number of rotatable bonds is 9. The largest absolute Gasteiger partial charge is 0.345 e. The molecule has 0 radical (unpaired) electrons. The number of piperazine rings is 1. The van der Waals surface area contributed by atoms with Gasteiger partial charge in [0.2, 0.25) is 0 Å². The number of nitrogens with one attached hydrogen (secondary N) is 2. The van der Waals surface area contributed by atoms with Gasteiger partial charge >= 0.3 is 6.61 Å². The number of imidazole rings is 1. The lowest BCUT2D eigenvalue weighted by Gasteiger charge is -2.27. The van der Waals surface area contributed by atoms with E-state index in [-0.39, 0.29) is 29.9 Å². The van der Waals surface area contributed by atoms with Crippen LogP contribution in [0.15, 0.2) is 42.7 Å². The maximum atomic E-state index is 15.7. The Morgan fingerprint density at radius 2 is 1.82 bits per heavy atom. The number of ether oxygens (including phenoxy) is 1. The molecule has 44 heavy (non-hydrogen) atoms. The molecule has 0 atom stereocenters. The molecule has 3 heterocycles. The number of carbonyl (C=O) groups excluding carboxylic acids is 2. The first-order chi connectivity index (χ1) is 21.1. The van der Waals surface area contributed by atoms with Gasteiger partial charge < -0.3 is 24.8 Å². The second-order valence-electron chi connectivity index (χ2n) is 10.3. The van der Waals surface area contributed by atoms with Crippen LogP contribution >= 0.6 is 11.6 Å². The Morgan fingerprint density at radius 3 is 2.52 bits per heavy atom. The number of hydrogen-bond acceptors (Lipinski definition) is 6. The lowest BCUT2D eigenvalue weighted by Crippen LogP contribution is -2.46. The van der Waals surface area contributed by atoms with E-state index in [1.54, 1.807) is 54.6 Å². The Kier molecular flexibility index (Phi) is 9.37. The lowest BCUT2D eigenvalue weighted by molar-refractivity contribution is -0.130. The minimum absolute atomic E-state index is 0.0871. The van der Waals surface area contributed by atoms with Crippen LogP contribution in [-0.4, -0.2) is 75.4 Å². The monoisotopic (exact) mass is 629 g/mol. The zero-order valence-corrected chi connectivity index (χ0v) is 25.1. The molecule has 2 amide bonds. The SMILES string of the molecule is Cc1c(-c2cnc(C(=O)Nc3ccc(C(=O)N4CCNCC4)c(Cl)c3)n2C)ccc(-c2cnn(CCOC(F)F)c2C)c1F. The summed E-state index contributed by atoms with van der Waals surface area (Å²) in [6, 6.07) is 8.06. The first-order valence-corrected chi connectivity index (χ1v) is 14.3. The summed E-state index contributed by atoms with van der Waals surface area (Å²) < 4.78 is 47.7. The smallest absolute Gasteiger partial charge is 0.336 e. The maximum Gasteiger partial charge on any atom is 0.345 e. The van der Waals surface area contributed by atoms with Gasteiger partial charge in [0.1, 0.15) is 5.82 Å². The molecule has 14 heteroatoms. The normalized spacial score (nSPS) is 13.5. The third-order valence-electron chi connectivity index (χ3n) is 7.66. The molecule has 0 unspecified atom stereocenters. The van der Waals surface area contributed by atoms with Crippen molar-refractivity contribution in [2.45, 2.75) is 27.0 Å². The summed E-state index contributed by atoms with van der Waals surface area (Å²) in [7, 11) is 1.65. The number of anilines is 1. The predicted molar refractivity (Wildman–Crippen MR) is 159 cm³/mol. The van der Waals surface area contributed by atoms with E-state index in [1.165, 1.54) is 23.1 Å². The summed E-state index contributed by atoms with van der Waals surface area (Å²) in [4.78, 5) is 32.0. The van der Waals surface area contributed by atoms with Crippen molar-refractivity contribution in [2.24, 2.45) is 7.05 Å². The highest BCUT2D eigenvalue weighted by Crippen LogP contribution is 2.34. The standard InChI is InChI=1S/C30H31ClF3N7O3/c1-17-20(6-7-21(26(17)32)23-15-37-41(18(23)2)12-13-44-30(33)34)25-16-36-27(39(25)3)28(42)38-19-4-5-22(24(31)14-19)29(43)40-10-8-35-9-11-40/h4-7,14-16,30,35H,8-13H2,1-3H3,(H,38,42). The van der Waals surface area contributed by atoms with Gasteiger partial charge in [-0.2, -0.15) is 13.9 Å². The Balaban J connectivity index is 1.32. The fraction of sp³-hybridized carbons (Fsp3) is 0.333. The van der Waals surface area contributed by atoms with E-state index in [1.807, 2.05) is 0 Å². The molecule has 232 valence electrons. The van der Waals surface area contributed by atoms with Gasteiger partial charge in [0.25, 0.3) is 11.8 Å². The van der Waals surface area contributed by atoms with E-state index >= 15 is 4.39 Å². The Bertz CT molecular complexity index is 1700. The summed E-state index contributed by atoms with van der Waals surface area (Å²) in [5.41, 5.74) is 3.58. The van der Waals surface area contributed by atoms with Gasteiger partial charge in [0.15, 0.2) is 5.82 Å². The van der Waals surface area contributed by atoms with Crippen LogP contribution in [0.25, 0.3) is 22.4 Å². The zero-order chi connectivity index (χ0) is 31.5. The molecule has 5 rings (SSSR count). The number of aromatic nitrogens is 4. The molecule has 0 aliphatic carbocycles. The zero-order valence-electron chi connectivity index (χ0n) is 24.3. The highest BCUT2D eigenvalue weighted by molar-refractivity contribution is 6.34. The molecule has 1 fully saturated rings. The topological polar surface area (TPSA) is 106 Å². The summed E-state index contributed by atoms with van der Waals surface area (Å²) in [6.45, 7) is 2.96. The Labute approximate surface area is 256 Å². The Hall–Kier alpha value is -4.20.